The number of piperazine rings is 2. The first kappa shape index (κ1) is 13.8. The zero-order valence-corrected chi connectivity index (χ0v) is 11.8. The Labute approximate surface area is 110 Å². The minimum Gasteiger partial charge on any atom is -0.338 e. The number of carbonyl (C=O) groups is 1. The van der Waals surface area contributed by atoms with Crippen LogP contribution in [0.2, 0.25) is 0 Å². The Hall–Kier alpha value is -0.650. The summed E-state index contributed by atoms with van der Waals surface area (Å²) >= 11 is 0. The number of hydrogen-bond donors (Lipinski definition) is 2. The van der Waals surface area contributed by atoms with E-state index in [0.717, 1.165) is 39.3 Å². The van der Waals surface area contributed by atoms with E-state index in [1.165, 1.54) is 0 Å². The highest BCUT2D eigenvalue weighted by Gasteiger charge is 2.31. The molecule has 0 saturated carbocycles. The molecule has 0 spiro atoms. The highest BCUT2D eigenvalue weighted by Crippen LogP contribution is 2.10. The normalized spacial score (nSPS) is 34.6. The van der Waals surface area contributed by atoms with Crippen molar-refractivity contribution in [1.82, 2.24) is 20.4 Å². The van der Waals surface area contributed by atoms with Crippen LogP contribution in [0.25, 0.3) is 0 Å². The van der Waals surface area contributed by atoms with E-state index in [1.54, 1.807) is 0 Å². The van der Waals surface area contributed by atoms with E-state index >= 15 is 0 Å². The molecule has 2 N–H and O–H groups in total. The number of likely N-dealkylation sites (N-methyl/N-ethyl adjacent to an activating group) is 1. The lowest BCUT2D eigenvalue weighted by Gasteiger charge is -2.41. The van der Waals surface area contributed by atoms with E-state index in [0.29, 0.717) is 12.1 Å². The molecule has 2 rings (SSSR count). The van der Waals surface area contributed by atoms with E-state index in [9.17, 15) is 4.79 Å². The van der Waals surface area contributed by atoms with Crippen LogP contribution in [0.1, 0.15) is 20.8 Å². The molecule has 104 valence electrons. The zero-order valence-electron chi connectivity index (χ0n) is 11.8. The summed E-state index contributed by atoms with van der Waals surface area (Å²) in [7, 11) is 0. The lowest BCUT2D eigenvalue weighted by molar-refractivity contribution is -0.136. The second-order valence-corrected chi connectivity index (χ2v) is 5.53. The van der Waals surface area contributed by atoms with Crippen LogP contribution in [0.15, 0.2) is 0 Å². The SMILES string of the molecule is CCN1CCN(C(=O)C2CNC(C)CN2)CC1C. The number of nitrogens with one attached hydrogen (secondary N) is 2. The fourth-order valence-electron chi connectivity index (χ4n) is 2.84. The van der Waals surface area contributed by atoms with Gasteiger partial charge in [0.05, 0.1) is 6.04 Å². The monoisotopic (exact) mass is 254 g/mol. The highest BCUT2D eigenvalue weighted by molar-refractivity contribution is 5.82. The largest absolute Gasteiger partial charge is 0.338 e. The van der Waals surface area contributed by atoms with Gasteiger partial charge in [0.25, 0.3) is 0 Å². The summed E-state index contributed by atoms with van der Waals surface area (Å²) in [6.07, 6.45) is 0. The molecule has 1 amide bonds. The molecular weight excluding hydrogens is 228 g/mol. The summed E-state index contributed by atoms with van der Waals surface area (Å²) in [5, 5.41) is 6.70. The zero-order chi connectivity index (χ0) is 13.1. The van der Waals surface area contributed by atoms with E-state index in [-0.39, 0.29) is 11.9 Å². The maximum atomic E-state index is 12.4. The lowest BCUT2D eigenvalue weighted by Crippen LogP contribution is -2.62. The van der Waals surface area contributed by atoms with E-state index < -0.39 is 0 Å². The second-order valence-electron chi connectivity index (χ2n) is 5.53. The molecule has 0 aliphatic carbocycles. The van der Waals surface area contributed by atoms with Crippen LogP contribution in [0, 0.1) is 0 Å². The molecular formula is C13H26N4O. The summed E-state index contributed by atoms with van der Waals surface area (Å²) in [6, 6.07) is 0.898. The third kappa shape index (κ3) is 3.02. The maximum absolute atomic E-state index is 12.4. The van der Waals surface area contributed by atoms with Crippen LogP contribution >= 0.6 is 0 Å². The van der Waals surface area contributed by atoms with Gasteiger partial charge in [-0.25, -0.2) is 0 Å². The van der Waals surface area contributed by atoms with Gasteiger partial charge in [-0.05, 0) is 20.4 Å². The van der Waals surface area contributed by atoms with Crippen molar-refractivity contribution in [1.29, 1.82) is 0 Å². The van der Waals surface area contributed by atoms with Gasteiger partial charge in [-0.2, -0.15) is 0 Å². The fourth-order valence-corrected chi connectivity index (χ4v) is 2.84. The van der Waals surface area contributed by atoms with E-state index in [1.807, 2.05) is 4.90 Å². The Morgan fingerprint density at radius 2 is 2.00 bits per heavy atom. The van der Waals surface area contributed by atoms with Crippen molar-refractivity contribution in [2.75, 3.05) is 39.3 Å². The van der Waals surface area contributed by atoms with Crippen LogP contribution in [0.4, 0.5) is 0 Å². The fraction of sp³-hybridized carbons (Fsp3) is 0.923. The first-order valence-electron chi connectivity index (χ1n) is 7.11. The van der Waals surface area contributed by atoms with Crippen LogP contribution < -0.4 is 10.6 Å². The number of amides is 1. The van der Waals surface area contributed by atoms with Gasteiger partial charge in [0.15, 0.2) is 0 Å². The molecule has 18 heavy (non-hydrogen) atoms. The Bertz CT molecular complexity index is 289. The van der Waals surface area contributed by atoms with Gasteiger partial charge in [0.1, 0.15) is 0 Å². The van der Waals surface area contributed by atoms with Gasteiger partial charge >= 0.3 is 0 Å². The number of carbonyl (C=O) groups excluding carboxylic acids is 1. The molecule has 2 aliphatic rings. The van der Waals surface area contributed by atoms with Crippen LogP contribution in [-0.4, -0.2) is 73.1 Å². The smallest absolute Gasteiger partial charge is 0.241 e. The Kier molecular flexibility index (Phi) is 4.59. The average molecular weight is 254 g/mol. The Morgan fingerprint density at radius 3 is 2.56 bits per heavy atom. The second kappa shape index (κ2) is 5.99. The molecule has 2 aliphatic heterocycles. The number of nitrogens with zero attached hydrogens (tertiary/aromatic N) is 2. The minimum absolute atomic E-state index is 0.0402. The first-order valence-corrected chi connectivity index (χ1v) is 7.11. The first-order chi connectivity index (χ1) is 8.61. The van der Waals surface area contributed by atoms with Crippen molar-refractivity contribution in [2.24, 2.45) is 0 Å². The summed E-state index contributed by atoms with van der Waals surface area (Å²) < 4.78 is 0. The number of rotatable bonds is 2. The van der Waals surface area contributed by atoms with Crippen molar-refractivity contribution in [3.05, 3.63) is 0 Å². The van der Waals surface area contributed by atoms with Crippen molar-refractivity contribution < 1.29 is 4.79 Å². The topological polar surface area (TPSA) is 47.6 Å². The quantitative estimate of drug-likeness (QED) is 0.697. The molecule has 3 atom stereocenters. The van der Waals surface area contributed by atoms with Gasteiger partial charge in [0.2, 0.25) is 5.91 Å². The molecule has 2 fully saturated rings. The molecule has 0 radical (unpaired) electrons. The third-order valence-electron chi connectivity index (χ3n) is 4.12. The maximum Gasteiger partial charge on any atom is 0.241 e. The molecule has 2 saturated heterocycles. The lowest BCUT2D eigenvalue weighted by atomic mass is 10.1. The molecule has 0 bridgehead atoms. The van der Waals surface area contributed by atoms with Gasteiger partial charge in [-0.1, -0.05) is 6.92 Å². The van der Waals surface area contributed by atoms with Crippen molar-refractivity contribution in [3.63, 3.8) is 0 Å². The molecule has 0 aromatic heterocycles. The molecule has 2 heterocycles. The third-order valence-corrected chi connectivity index (χ3v) is 4.12. The summed E-state index contributed by atoms with van der Waals surface area (Å²) in [4.78, 5) is 16.9. The predicted octanol–water partition coefficient (Wildman–Crippen LogP) is -0.511. The Balaban J connectivity index is 1.86. The van der Waals surface area contributed by atoms with Crippen molar-refractivity contribution >= 4 is 5.91 Å². The van der Waals surface area contributed by atoms with Crippen LogP contribution in [0.5, 0.6) is 0 Å². The van der Waals surface area contributed by atoms with E-state index in [2.05, 4.69) is 36.3 Å². The predicted molar refractivity (Wildman–Crippen MR) is 72.5 cm³/mol. The molecule has 5 nitrogen and oxygen atoms in total. The average Bonchev–Trinajstić information content (AvgIpc) is 2.38. The van der Waals surface area contributed by atoms with Gasteiger partial charge in [-0.3, -0.25) is 9.69 Å². The van der Waals surface area contributed by atoms with Gasteiger partial charge in [-0.15, -0.1) is 0 Å². The highest BCUT2D eigenvalue weighted by atomic mass is 16.2. The standard InChI is InChI=1S/C13H26N4O/c1-4-16-5-6-17(9-11(16)3)13(18)12-8-14-10(2)7-15-12/h10-12,14-15H,4-9H2,1-3H3. The van der Waals surface area contributed by atoms with Crippen molar-refractivity contribution in [2.45, 2.75) is 38.9 Å². The summed E-state index contributed by atoms with van der Waals surface area (Å²) in [5.41, 5.74) is 0. The van der Waals surface area contributed by atoms with Crippen LogP contribution in [-0.2, 0) is 4.79 Å². The summed E-state index contributed by atoms with van der Waals surface area (Å²) in [6.45, 7) is 12.0. The molecule has 5 heteroatoms. The van der Waals surface area contributed by atoms with Crippen molar-refractivity contribution in [3.8, 4) is 0 Å². The summed E-state index contributed by atoms with van der Waals surface area (Å²) in [5.74, 6) is 0.261. The Morgan fingerprint density at radius 1 is 1.22 bits per heavy atom. The van der Waals surface area contributed by atoms with Gasteiger partial charge < -0.3 is 15.5 Å². The molecule has 0 aromatic carbocycles. The van der Waals surface area contributed by atoms with E-state index in [4.69, 9.17) is 0 Å². The number of hydrogen-bond acceptors (Lipinski definition) is 4. The molecule has 0 aromatic rings. The molecule has 3 unspecified atom stereocenters. The minimum atomic E-state index is -0.0402. The van der Waals surface area contributed by atoms with Crippen LogP contribution in [0.3, 0.4) is 0 Å². The van der Waals surface area contributed by atoms with Gasteiger partial charge in [0, 0.05) is 44.8 Å².